The zero-order valence-corrected chi connectivity index (χ0v) is 27.2. The number of carbonyl (C=O) groups is 1. The molecule has 2 aliphatic heterocycles. The van der Waals surface area contributed by atoms with Crippen molar-refractivity contribution in [2.24, 2.45) is 17.8 Å². The van der Waals surface area contributed by atoms with Crippen LogP contribution in [0.5, 0.6) is 0 Å². The Kier molecular flexibility index (Phi) is 11.0. The van der Waals surface area contributed by atoms with E-state index in [-0.39, 0.29) is 23.9 Å². The predicted octanol–water partition coefficient (Wildman–Crippen LogP) is 7.60. The number of hydrogen-bond donors (Lipinski definition) is 0. The number of likely N-dealkylation sites (tertiary alicyclic amines) is 1. The van der Waals surface area contributed by atoms with E-state index >= 15 is 0 Å². The Morgan fingerprint density at radius 1 is 1.02 bits per heavy atom. The van der Waals surface area contributed by atoms with Crippen molar-refractivity contribution in [3.8, 4) is 6.07 Å². The Labute approximate surface area is 267 Å². The molecule has 3 heterocycles. The molecule has 0 aliphatic carbocycles. The first-order valence-corrected chi connectivity index (χ1v) is 17.0. The minimum atomic E-state index is -0.667. The van der Waals surface area contributed by atoms with Gasteiger partial charge in [0.2, 0.25) is 0 Å². The second-order valence-electron chi connectivity index (χ2n) is 12.8. The molecule has 3 aromatic rings. The lowest BCUT2D eigenvalue weighted by atomic mass is 9.64. The second kappa shape index (κ2) is 15.1. The number of carbonyl (C=O) groups excluding carboxylic acids is 1. The molecule has 0 bridgehead atoms. The first-order chi connectivity index (χ1) is 21.4. The van der Waals surface area contributed by atoms with Gasteiger partial charge in [-0.2, -0.15) is 5.26 Å². The number of hydrogen-bond acceptors (Lipinski definition) is 7. The van der Waals surface area contributed by atoms with Gasteiger partial charge in [-0.25, -0.2) is 0 Å². The molecule has 0 saturated carbocycles. The van der Waals surface area contributed by atoms with Gasteiger partial charge in [-0.05, 0) is 80.2 Å². The summed E-state index contributed by atoms with van der Waals surface area (Å²) in [5, 5.41) is 10.8. The van der Waals surface area contributed by atoms with Crippen molar-refractivity contribution < 1.29 is 9.53 Å². The lowest BCUT2D eigenvalue weighted by molar-refractivity contribution is -0.154. The first kappa shape index (κ1) is 32.1. The molecule has 0 N–H and O–H groups in total. The average molecular weight is 611 g/mol. The first-order valence-electron chi connectivity index (χ1n) is 16.2. The SMILES string of the molecule is CCC[C@H](CC(C#N)(c1ccccc1)C1CCN(CC2CN(c3ccc(Sc4ccncc4)cc3)C2)CC1)OC(=O)C(C)C. The summed E-state index contributed by atoms with van der Waals surface area (Å²) in [5.41, 5.74) is 1.68. The molecule has 2 aliphatic rings. The third-order valence-corrected chi connectivity index (χ3v) is 10.3. The number of pyridine rings is 1. The molecule has 2 saturated heterocycles. The van der Waals surface area contributed by atoms with Crippen molar-refractivity contribution in [2.75, 3.05) is 37.6 Å². The topological polar surface area (TPSA) is 69.5 Å². The van der Waals surface area contributed by atoms with E-state index in [1.807, 2.05) is 56.6 Å². The summed E-state index contributed by atoms with van der Waals surface area (Å²) in [5.74, 6) is 0.540. The van der Waals surface area contributed by atoms with Crippen molar-refractivity contribution in [2.45, 2.75) is 74.2 Å². The van der Waals surface area contributed by atoms with Crippen molar-refractivity contribution in [3.05, 3.63) is 84.7 Å². The molecule has 0 spiro atoms. The van der Waals surface area contributed by atoms with E-state index in [0.717, 1.165) is 64.0 Å². The number of rotatable bonds is 13. The zero-order valence-electron chi connectivity index (χ0n) is 26.4. The molecule has 7 heteroatoms. The Hall–Kier alpha value is -3.34. The summed E-state index contributed by atoms with van der Waals surface area (Å²) in [6.45, 7) is 11.1. The van der Waals surface area contributed by atoms with Crippen LogP contribution in [-0.4, -0.2) is 54.7 Å². The molecule has 2 fully saturated rings. The van der Waals surface area contributed by atoms with E-state index in [4.69, 9.17) is 4.74 Å². The average Bonchev–Trinajstić information content (AvgIpc) is 3.03. The van der Waals surface area contributed by atoms with Crippen molar-refractivity contribution >= 4 is 23.4 Å². The highest BCUT2D eigenvalue weighted by atomic mass is 32.2. The highest BCUT2D eigenvalue weighted by Crippen LogP contribution is 2.43. The third kappa shape index (κ3) is 7.83. The Morgan fingerprint density at radius 2 is 1.68 bits per heavy atom. The van der Waals surface area contributed by atoms with E-state index in [9.17, 15) is 10.1 Å². The van der Waals surface area contributed by atoms with E-state index in [1.165, 1.54) is 15.5 Å². The van der Waals surface area contributed by atoms with Gasteiger partial charge in [0, 0.05) is 59.8 Å². The molecule has 232 valence electrons. The van der Waals surface area contributed by atoms with Crippen LogP contribution >= 0.6 is 11.8 Å². The van der Waals surface area contributed by atoms with Gasteiger partial charge >= 0.3 is 5.97 Å². The maximum Gasteiger partial charge on any atom is 0.308 e. The molecule has 5 rings (SSSR count). The quantitative estimate of drug-likeness (QED) is 0.185. The lowest BCUT2D eigenvalue weighted by Crippen LogP contribution is -2.53. The number of aromatic nitrogens is 1. The van der Waals surface area contributed by atoms with E-state index < -0.39 is 5.41 Å². The van der Waals surface area contributed by atoms with Gasteiger partial charge in [0.25, 0.3) is 0 Å². The monoisotopic (exact) mass is 610 g/mol. The van der Waals surface area contributed by atoms with Crippen LogP contribution < -0.4 is 4.90 Å². The smallest absolute Gasteiger partial charge is 0.308 e. The molecule has 6 nitrogen and oxygen atoms in total. The van der Waals surface area contributed by atoms with Crippen molar-refractivity contribution in [1.82, 2.24) is 9.88 Å². The number of piperidine rings is 1. The predicted molar refractivity (Wildman–Crippen MR) is 178 cm³/mol. The summed E-state index contributed by atoms with van der Waals surface area (Å²) in [7, 11) is 0. The molecule has 0 radical (unpaired) electrons. The van der Waals surface area contributed by atoms with Gasteiger partial charge in [0.1, 0.15) is 6.10 Å². The number of benzene rings is 2. The van der Waals surface area contributed by atoms with E-state index in [1.54, 1.807) is 11.8 Å². The lowest BCUT2D eigenvalue weighted by Gasteiger charge is -2.46. The Bertz CT molecular complexity index is 1360. The Balaban J connectivity index is 1.16. The number of nitriles is 1. The number of ether oxygens (including phenoxy) is 1. The highest BCUT2D eigenvalue weighted by molar-refractivity contribution is 7.99. The molecule has 44 heavy (non-hydrogen) atoms. The van der Waals surface area contributed by atoms with Crippen LogP contribution in [0.15, 0.2) is 88.9 Å². The van der Waals surface area contributed by atoms with Gasteiger partial charge in [0.15, 0.2) is 0 Å². The van der Waals surface area contributed by atoms with Crippen LogP contribution in [0.1, 0.15) is 58.4 Å². The summed E-state index contributed by atoms with van der Waals surface area (Å²) >= 11 is 1.76. The van der Waals surface area contributed by atoms with Crippen molar-refractivity contribution in [1.29, 1.82) is 5.26 Å². The Morgan fingerprint density at radius 3 is 2.30 bits per heavy atom. The highest BCUT2D eigenvalue weighted by Gasteiger charge is 2.45. The number of esters is 1. The fraction of sp³-hybridized carbons (Fsp3) is 0.486. The van der Waals surface area contributed by atoms with Gasteiger partial charge in [-0.1, -0.05) is 69.3 Å². The normalized spacial score (nSPS) is 18.3. The second-order valence-corrected chi connectivity index (χ2v) is 13.9. The molecule has 0 amide bonds. The summed E-state index contributed by atoms with van der Waals surface area (Å²) in [6.07, 6.45) is 7.62. The van der Waals surface area contributed by atoms with Crippen LogP contribution in [0.4, 0.5) is 5.69 Å². The van der Waals surface area contributed by atoms with Gasteiger partial charge in [-0.15, -0.1) is 0 Å². The van der Waals surface area contributed by atoms with E-state index in [0.29, 0.717) is 12.3 Å². The molecule has 1 unspecified atom stereocenters. The minimum Gasteiger partial charge on any atom is -0.462 e. The van der Waals surface area contributed by atoms with Gasteiger partial charge < -0.3 is 14.5 Å². The molecular weight excluding hydrogens is 565 g/mol. The van der Waals surface area contributed by atoms with Crippen LogP contribution in [0, 0.1) is 29.1 Å². The number of nitrogens with zero attached hydrogens (tertiary/aromatic N) is 4. The van der Waals surface area contributed by atoms with Gasteiger partial charge in [0.05, 0.1) is 17.4 Å². The van der Waals surface area contributed by atoms with Crippen LogP contribution in [0.3, 0.4) is 0 Å². The fourth-order valence-corrected chi connectivity index (χ4v) is 7.58. The largest absolute Gasteiger partial charge is 0.462 e. The summed E-state index contributed by atoms with van der Waals surface area (Å²) < 4.78 is 5.99. The van der Waals surface area contributed by atoms with Gasteiger partial charge in [-0.3, -0.25) is 9.78 Å². The fourth-order valence-electron chi connectivity index (χ4n) is 6.78. The molecular formula is C37H46N4O2S. The molecule has 1 aromatic heterocycles. The maximum absolute atomic E-state index is 12.6. The third-order valence-electron chi connectivity index (χ3n) is 9.25. The minimum absolute atomic E-state index is 0.174. The maximum atomic E-state index is 12.6. The zero-order chi connectivity index (χ0) is 30.9. The molecule has 2 aromatic carbocycles. The van der Waals surface area contributed by atoms with Crippen LogP contribution in [0.2, 0.25) is 0 Å². The van der Waals surface area contributed by atoms with E-state index in [2.05, 4.69) is 64.2 Å². The van der Waals surface area contributed by atoms with Crippen LogP contribution in [0.25, 0.3) is 0 Å². The standard InChI is InChI=1S/C37H46N4O2S/c1-4-8-33(43-36(42)28(2)3)23-37(27-38,30-9-6-5-7-10-30)31-17-21-40(22-18-31)24-29-25-41(26-29)32-11-13-34(14-12-32)44-35-15-19-39-20-16-35/h5-7,9-16,19-20,28-29,31,33H,4,8,17-18,21-26H2,1-3H3/t33-,37?/m1/s1. The number of anilines is 1. The summed E-state index contributed by atoms with van der Waals surface area (Å²) in [4.78, 5) is 24.2. The summed E-state index contributed by atoms with van der Waals surface area (Å²) in [6, 6.07) is 26.0. The van der Waals surface area contributed by atoms with Crippen molar-refractivity contribution in [3.63, 3.8) is 0 Å². The van der Waals surface area contributed by atoms with Crippen LogP contribution in [-0.2, 0) is 14.9 Å². The molecule has 2 atom stereocenters.